The number of aromatic amines is 1. The molecular weight excluding hydrogens is 474 g/mol. The fourth-order valence-electron chi connectivity index (χ4n) is 5.59. The molecule has 38 heavy (non-hydrogen) atoms. The van der Waals surface area contributed by atoms with Gasteiger partial charge >= 0.3 is 0 Å². The molecule has 3 N–H and O–H groups in total. The summed E-state index contributed by atoms with van der Waals surface area (Å²) in [4.78, 5) is 31.4. The number of rotatable bonds is 7. The van der Waals surface area contributed by atoms with Crippen molar-refractivity contribution >= 4 is 11.6 Å². The van der Waals surface area contributed by atoms with Gasteiger partial charge in [0.1, 0.15) is 6.11 Å². The van der Waals surface area contributed by atoms with Gasteiger partial charge in [-0.05, 0) is 99.0 Å². The van der Waals surface area contributed by atoms with E-state index >= 15 is 0 Å². The zero-order valence-electron chi connectivity index (χ0n) is 22.8. The summed E-state index contributed by atoms with van der Waals surface area (Å²) in [5.74, 6) is 2.46. The van der Waals surface area contributed by atoms with Crippen LogP contribution in [0.2, 0.25) is 0 Å². The first-order chi connectivity index (χ1) is 18.3. The molecule has 0 atom stereocenters. The topological polar surface area (TPSA) is 85.4 Å². The minimum atomic E-state index is -0.201. The third-order valence-corrected chi connectivity index (χ3v) is 7.63. The zero-order valence-corrected chi connectivity index (χ0v) is 22.8. The van der Waals surface area contributed by atoms with Crippen LogP contribution in [0.3, 0.4) is 0 Å². The van der Waals surface area contributed by atoms with Crippen LogP contribution in [0.25, 0.3) is 11.1 Å². The first-order valence-corrected chi connectivity index (χ1v) is 13.5. The monoisotopic (exact) mass is 511 g/mol. The number of nitrogens with zero attached hydrogens (tertiary/aromatic N) is 1. The quantitative estimate of drug-likeness (QED) is 0.353. The summed E-state index contributed by atoms with van der Waals surface area (Å²) in [6, 6.07) is 14.1. The van der Waals surface area contributed by atoms with Crippen LogP contribution in [-0.4, -0.2) is 28.6 Å². The van der Waals surface area contributed by atoms with Crippen LogP contribution in [0.15, 0.2) is 47.3 Å². The molecule has 1 amide bonds. The SMILES string of the molecule is CCN(c1cc(-c2ccc(C#CO)cc2)cc(C(=O)NCc2c(C)cc(C)[nH]c2=O)c1C)C1CCCCC1. The van der Waals surface area contributed by atoms with E-state index in [2.05, 4.69) is 34.1 Å². The second-order valence-electron chi connectivity index (χ2n) is 10.2. The second kappa shape index (κ2) is 12.0. The highest BCUT2D eigenvalue weighted by Gasteiger charge is 2.24. The van der Waals surface area contributed by atoms with Crippen LogP contribution in [0.1, 0.15) is 77.3 Å². The maximum atomic E-state index is 13.6. The van der Waals surface area contributed by atoms with E-state index < -0.39 is 0 Å². The van der Waals surface area contributed by atoms with Gasteiger partial charge in [-0.3, -0.25) is 9.59 Å². The lowest BCUT2D eigenvalue weighted by Crippen LogP contribution is -2.37. The van der Waals surface area contributed by atoms with Gasteiger partial charge in [0.05, 0.1) is 0 Å². The number of amides is 1. The predicted molar refractivity (Wildman–Crippen MR) is 153 cm³/mol. The number of hydrogen-bond acceptors (Lipinski definition) is 4. The number of carbonyl (C=O) groups excluding carboxylic acids is 1. The van der Waals surface area contributed by atoms with Crippen molar-refractivity contribution in [3.05, 3.63) is 86.3 Å². The van der Waals surface area contributed by atoms with E-state index in [-0.39, 0.29) is 18.0 Å². The van der Waals surface area contributed by atoms with Crippen molar-refractivity contribution in [3.63, 3.8) is 0 Å². The van der Waals surface area contributed by atoms with E-state index in [4.69, 9.17) is 5.11 Å². The van der Waals surface area contributed by atoms with Gasteiger partial charge in [0, 0.05) is 47.2 Å². The van der Waals surface area contributed by atoms with Gasteiger partial charge in [-0.2, -0.15) is 0 Å². The lowest BCUT2D eigenvalue weighted by Gasteiger charge is -2.37. The van der Waals surface area contributed by atoms with Crippen molar-refractivity contribution in [1.82, 2.24) is 10.3 Å². The number of aliphatic hydroxyl groups excluding tert-OH is 1. The molecule has 1 aliphatic carbocycles. The van der Waals surface area contributed by atoms with E-state index in [9.17, 15) is 9.59 Å². The molecule has 198 valence electrons. The Balaban J connectivity index is 1.74. The van der Waals surface area contributed by atoms with Gasteiger partial charge in [-0.15, -0.1) is 0 Å². The number of nitrogens with one attached hydrogen (secondary N) is 2. The predicted octanol–water partition coefficient (Wildman–Crippen LogP) is 5.74. The van der Waals surface area contributed by atoms with E-state index in [0.717, 1.165) is 58.6 Å². The Hall–Kier alpha value is -3.98. The van der Waals surface area contributed by atoms with Crippen molar-refractivity contribution in [2.24, 2.45) is 0 Å². The van der Waals surface area contributed by atoms with E-state index in [1.807, 2.05) is 63.3 Å². The van der Waals surface area contributed by atoms with Crippen molar-refractivity contribution in [2.45, 2.75) is 72.4 Å². The number of aliphatic hydroxyl groups is 1. The molecule has 6 heteroatoms. The molecule has 0 aliphatic heterocycles. The standard InChI is InChI=1S/C32H37N3O3/c1-5-35(27-9-7-6-8-10-27)30-19-26(25-13-11-24(12-14-25)15-16-36)18-28(23(30)4)31(37)33-20-29-21(2)17-22(3)34-32(29)38/h11-14,17-19,27,36H,5-10,20H2,1-4H3,(H,33,37)(H,34,38). The highest BCUT2D eigenvalue weighted by Crippen LogP contribution is 2.35. The Morgan fingerprint density at radius 1 is 1.05 bits per heavy atom. The molecule has 1 aliphatic rings. The molecule has 0 unspecified atom stereocenters. The molecule has 6 nitrogen and oxygen atoms in total. The third kappa shape index (κ3) is 5.94. The number of carbonyl (C=O) groups is 1. The van der Waals surface area contributed by atoms with Gasteiger partial charge in [-0.25, -0.2) is 0 Å². The molecule has 1 fully saturated rings. The summed E-state index contributed by atoms with van der Waals surface area (Å²) < 4.78 is 0. The molecule has 0 radical (unpaired) electrons. The maximum absolute atomic E-state index is 13.6. The highest BCUT2D eigenvalue weighted by atomic mass is 16.2. The molecular formula is C32H37N3O3. The van der Waals surface area contributed by atoms with Crippen molar-refractivity contribution < 1.29 is 9.90 Å². The van der Waals surface area contributed by atoms with Crippen molar-refractivity contribution in [3.8, 4) is 23.2 Å². The minimum Gasteiger partial charge on any atom is -0.462 e. The molecule has 0 saturated heterocycles. The smallest absolute Gasteiger partial charge is 0.253 e. The van der Waals surface area contributed by atoms with Crippen LogP contribution < -0.4 is 15.8 Å². The first-order valence-electron chi connectivity index (χ1n) is 13.5. The summed E-state index contributed by atoms with van der Waals surface area (Å²) in [5.41, 5.74) is 7.30. The van der Waals surface area contributed by atoms with Crippen molar-refractivity contribution in [1.29, 1.82) is 0 Å². The Morgan fingerprint density at radius 2 is 1.76 bits per heavy atom. The van der Waals surface area contributed by atoms with Gasteiger partial charge in [0.2, 0.25) is 0 Å². The minimum absolute atomic E-state index is 0.161. The number of H-pyrrole nitrogens is 1. The Bertz CT molecular complexity index is 1420. The number of hydrogen-bond donors (Lipinski definition) is 3. The molecule has 1 aromatic heterocycles. The second-order valence-corrected chi connectivity index (χ2v) is 10.2. The van der Waals surface area contributed by atoms with Gasteiger partial charge in [-0.1, -0.05) is 31.4 Å². The summed E-state index contributed by atoms with van der Waals surface area (Å²) in [6.45, 7) is 8.95. The number of benzene rings is 2. The van der Waals surface area contributed by atoms with Crippen LogP contribution in [0, 0.1) is 32.8 Å². The molecule has 0 spiro atoms. The zero-order chi connectivity index (χ0) is 27.2. The number of pyridine rings is 1. The molecule has 1 heterocycles. The summed E-state index contributed by atoms with van der Waals surface area (Å²) in [7, 11) is 0. The molecule has 2 aromatic carbocycles. The van der Waals surface area contributed by atoms with Gasteiger partial charge in [0.25, 0.3) is 11.5 Å². The lowest BCUT2D eigenvalue weighted by atomic mass is 9.91. The van der Waals surface area contributed by atoms with Gasteiger partial charge in [0.15, 0.2) is 0 Å². The van der Waals surface area contributed by atoms with E-state index in [0.29, 0.717) is 17.2 Å². The number of aryl methyl sites for hydroxylation is 2. The average Bonchev–Trinajstić information content (AvgIpc) is 2.90. The van der Waals surface area contributed by atoms with Crippen LogP contribution in [0.4, 0.5) is 5.69 Å². The fourth-order valence-corrected chi connectivity index (χ4v) is 5.59. The number of aromatic nitrogens is 1. The summed E-state index contributed by atoms with van der Waals surface area (Å²) in [6.07, 6.45) is 7.99. The summed E-state index contributed by atoms with van der Waals surface area (Å²) >= 11 is 0. The summed E-state index contributed by atoms with van der Waals surface area (Å²) in [5, 5.41) is 11.9. The Morgan fingerprint density at radius 3 is 2.39 bits per heavy atom. The Kier molecular flexibility index (Phi) is 8.58. The van der Waals surface area contributed by atoms with Crippen LogP contribution in [-0.2, 0) is 6.54 Å². The van der Waals surface area contributed by atoms with E-state index in [1.165, 1.54) is 19.3 Å². The highest BCUT2D eigenvalue weighted by molar-refractivity contribution is 5.99. The third-order valence-electron chi connectivity index (χ3n) is 7.63. The fraction of sp³-hybridized carbons (Fsp3) is 0.375. The Labute approximate surface area is 225 Å². The van der Waals surface area contributed by atoms with E-state index in [1.54, 1.807) is 0 Å². The van der Waals surface area contributed by atoms with Crippen LogP contribution in [0.5, 0.6) is 0 Å². The average molecular weight is 512 g/mol. The largest absolute Gasteiger partial charge is 0.462 e. The molecule has 0 bridgehead atoms. The van der Waals surface area contributed by atoms with Gasteiger partial charge < -0.3 is 20.3 Å². The molecule has 3 aromatic rings. The molecule has 1 saturated carbocycles. The lowest BCUT2D eigenvalue weighted by molar-refractivity contribution is 0.0950. The normalized spacial score (nSPS) is 13.5. The molecule has 4 rings (SSSR count). The van der Waals surface area contributed by atoms with Crippen LogP contribution >= 0.6 is 0 Å². The first kappa shape index (κ1) is 27.1. The number of anilines is 1. The maximum Gasteiger partial charge on any atom is 0.253 e. The van der Waals surface area contributed by atoms with Crippen molar-refractivity contribution in [2.75, 3.05) is 11.4 Å².